The summed E-state index contributed by atoms with van der Waals surface area (Å²) in [4.78, 5) is 3.52. The van der Waals surface area contributed by atoms with Crippen molar-refractivity contribution in [2.75, 3.05) is 44.6 Å². The van der Waals surface area contributed by atoms with E-state index in [1.165, 1.54) is 45.0 Å². The lowest BCUT2D eigenvalue weighted by Crippen LogP contribution is -3.16. The maximum atomic E-state index is 5.39. The number of hydrazone groups is 1. The van der Waals surface area contributed by atoms with Gasteiger partial charge in [-0.05, 0) is 31.3 Å². The Bertz CT molecular complexity index is 613. The van der Waals surface area contributed by atoms with Crippen LogP contribution in [0.4, 0.5) is 5.69 Å². The van der Waals surface area contributed by atoms with Gasteiger partial charge in [-0.3, -0.25) is 5.43 Å². The van der Waals surface area contributed by atoms with Crippen molar-refractivity contribution in [3.05, 3.63) is 30.3 Å². The van der Waals surface area contributed by atoms with Crippen LogP contribution in [-0.2, 0) is 0 Å². The van der Waals surface area contributed by atoms with E-state index in [0.717, 1.165) is 5.69 Å². The minimum absolute atomic E-state index is 0.220. The minimum atomic E-state index is 0.220. The summed E-state index contributed by atoms with van der Waals surface area (Å²) < 4.78 is 0. The van der Waals surface area contributed by atoms with Gasteiger partial charge in [0.25, 0.3) is 0 Å². The molecule has 5 nitrogen and oxygen atoms in total. The van der Waals surface area contributed by atoms with Gasteiger partial charge in [-0.15, -0.1) is 0 Å². The van der Waals surface area contributed by atoms with Crippen LogP contribution in [-0.4, -0.2) is 50.1 Å². The third-order valence-corrected chi connectivity index (χ3v) is 5.69. The van der Waals surface area contributed by atoms with Gasteiger partial charge in [0.15, 0.2) is 5.11 Å². The number of piperidine rings is 2. The number of thiocarbonyl (C=S) groups is 1. The van der Waals surface area contributed by atoms with Gasteiger partial charge in [-0.25, -0.2) is 0 Å². The van der Waals surface area contributed by atoms with E-state index in [2.05, 4.69) is 17.7 Å². The van der Waals surface area contributed by atoms with E-state index in [9.17, 15) is 0 Å². The van der Waals surface area contributed by atoms with E-state index in [4.69, 9.17) is 17.3 Å². The van der Waals surface area contributed by atoms with Crippen molar-refractivity contribution in [3.63, 3.8) is 0 Å². The van der Waals surface area contributed by atoms with Gasteiger partial charge >= 0.3 is 0 Å². The molecule has 122 valence electrons. The normalized spacial score (nSPS) is 36.7. The largest absolute Gasteiger partial charge is 0.331 e. The molecule has 6 heteroatoms. The molecule has 1 aromatic rings. The molecule has 0 saturated carbocycles. The zero-order valence-corrected chi connectivity index (χ0v) is 14.4. The first-order valence-corrected chi connectivity index (χ1v) is 8.90. The van der Waals surface area contributed by atoms with Gasteiger partial charge in [-0.1, -0.05) is 18.2 Å². The molecular weight excluding hydrogens is 306 g/mol. The summed E-state index contributed by atoms with van der Waals surface area (Å²) >= 11 is 5.39. The van der Waals surface area contributed by atoms with Crippen molar-refractivity contribution in [1.29, 1.82) is 0 Å². The van der Waals surface area contributed by atoms with Crippen LogP contribution < -0.4 is 20.5 Å². The summed E-state index contributed by atoms with van der Waals surface area (Å²) in [6.07, 6.45) is 0. The predicted molar refractivity (Wildman–Crippen MR) is 96.0 cm³/mol. The van der Waals surface area contributed by atoms with Crippen molar-refractivity contribution in [2.45, 2.75) is 6.92 Å². The highest BCUT2D eigenvalue weighted by Gasteiger charge is 2.54. The summed E-state index contributed by atoms with van der Waals surface area (Å²) in [7, 11) is 0. The van der Waals surface area contributed by atoms with Gasteiger partial charge in [0.05, 0.1) is 37.8 Å². The molecule has 0 amide bonds. The molecule has 0 radical (unpaired) electrons. The standard InChI is InChI=1S/C17H23N5S/c1-17-11-21-7-8-22(12-17)10-13(9-21)15(17)19-20-16(23)18-14-5-3-2-4-6-14/h2-6,13H,7-12H2,1H3,(H2,18,20,23)/p+2. The highest BCUT2D eigenvalue weighted by atomic mass is 32.1. The van der Waals surface area contributed by atoms with Crippen molar-refractivity contribution in [1.82, 2.24) is 5.43 Å². The van der Waals surface area contributed by atoms with Gasteiger partial charge < -0.3 is 15.1 Å². The fraction of sp³-hybridized carbons (Fsp3) is 0.529. The molecular formula is C17H25N5S+2. The second kappa shape index (κ2) is 5.85. The molecule has 4 aliphatic heterocycles. The Morgan fingerprint density at radius 3 is 2.43 bits per heavy atom. The lowest BCUT2D eigenvalue weighted by molar-refractivity contribution is -0.918. The van der Waals surface area contributed by atoms with Crippen molar-refractivity contribution < 1.29 is 9.80 Å². The Morgan fingerprint density at radius 2 is 1.83 bits per heavy atom. The van der Waals surface area contributed by atoms with Crippen LogP contribution in [0, 0.1) is 11.3 Å². The molecule has 4 saturated heterocycles. The van der Waals surface area contributed by atoms with Gasteiger partial charge in [-0.2, -0.15) is 5.10 Å². The smallest absolute Gasteiger partial charge is 0.191 e. The van der Waals surface area contributed by atoms with Crippen LogP contribution in [0.1, 0.15) is 6.92 Å². The van der Waals surface area contributed by atoms with Crippen LogP contribution in [0.15, 0.2) is 35.4 Å². The highest BCUT2D eigenvalue weighted by molar-refractivity contribution is 7.80. The van der Waals surface area contributed by atoms with E-state index in [0.29, 0.717) is 11.0 Å². The van der Waals surface area contributed by atoms with Crippen LogP contribution in [0.5, 0.6) is 0 Å². The Morgan fingerprint density at radius 1 is 1.17 bits per heavy atom. The Hall–Kier alpha value is -1.50. The fourth-order valence-electron chi connectivity index (χ4n) is 4.70. The van der Waals surface area contributed by atoms with Gasteiger partial charge in [0.1, 0.15) is 18.5 Å². The number of benzene rings is 1. The van der Waals surface area contributed by atoms with E-state index < -0.39 is 0 Å². The van der Waals surface area contributed by atoms with Crippen molar-refractivity contribution in [3.8, 4) is 0 Å². The maximum absolute atomic E-state index is 5.39. The average molecular weight is 331 g/mol. The SMILES string of the molecule is CC12C[NH+]3CC[NH+](CC(C3)C1=NNC(=S)Nc1ccccc1)C2. The number of hydrogen-bond acceptors (Lipinski definition) is 2. The number of para-hydroxylation sites is 1. The number of nitrogens with zero attached hydrogens (tertiary/aromatic N) is 1. The monoisotopic (exact) mass is 331 g/mol. The summed E-state index contributed by atoms with van der Waals surface area (Å²) in [6.45, 7) is 9.92. The number of quaternary nitrogens is 2. The predicted octanol–water partition coefficient (Wildman–Crippen LogP) is -1.24. The fourth-order valence-corrected chi connectivity index (χ4v) is 4.86. The van der Waals surface area contributed by atoms with Crippen LogP contribution >= 0.6 is 12.2 Å². The molecule has 0 aliphatic carbocycles. The number of anilines is 1. The molecule has 4 aliphatic rings. The molecule has 0 spiro atoms. The lowest BCUT2D eigenvalue weighted by atomic mass is 9.72. The van der Waals surface area contributed by atoms with Gasteiger partial charge in [0.2, 0.25) is 0 Å². The third kappa shape index (κ3) is 2.98. The molecule has 4 N–H and O–H groups in total. The second-order valence-electron chi connectivity index (χ2n) is 7.45. The Labute approximate surface area is 142 Å². The topological polar surface area (TPSA) is 45.3 Å². The van der Waals surface area contributed by atoms with E-state index in [-0.39, 0.29) is 5.41 Å². The Balaban J connectivity index is 1.47. The second-order valence-corrected chi connectivity index (χ2v) is 7.86. The quantitative estimate of drug-likeness (QED) is 0.405. The zero-order valence-electron chi connectivity index (χ0n) is 13.6. The number of nitrogens with one attached hydrogen (secondary N) is 4. The van der Waals surface area contributed by atoms with Crippen LogP contribution in [0.25, 0.3) is 0 Å². The number of hydrogen-bond donors (Lipinski definition) is 4. The Kier molecular flexibility index (Phi) is 3.83. The molecule has 5 rings (SSSR count). The number of rotatable bonds is 2. The zero-order chi connectivity index (χ0) is 15.9. The molecule has 4 fully saturated rings. The van der Waals surface area contributed by atoms with E-state index in [1.807, 2.05) is 30.3 Å². The molecule has 2 unspecified atom stereocenters. The van der Waals surface area contributed by atoms with Crippen molar-refractivity contribution in [2.24, 2.45) is 16.4 Å². The van der Waals surface area contributed by atoms with E-state index in [1.54, 1.807) is 9.80 Å². The minimum Gasteiger partial charge on any atom is -0.331 e. The van der Waals surface area contributed by atoms with Crippen LogP contribution in [0.2, 0.25) is 0 Å². The highest BCUT2D eigenvalue weighted by Crippen LogP contribution is 2.26. The lowest BCUT2D eigenvalue weighted by Gasteiger charge is -2.44. The molecule has 23 heavy (non-hydrogen) atoms. The summed E-state index contributed by atoms with van der Waals surface area (Å²) in [5, 5.41) is 8.53. The van der Waals surface area contributed by atoms with Crippen molar-refractivity contribution >= 4 is 28.7 Å². The summed E-state index contributed by atoms with van der Waals surface area (Å²) in [6, 6.07) is 9.99. The first kappa shape index (κ1) is 15.1. The average Bonchev–Trinajstić information content (AvgIpc) is 2.74. The number of fused-ring (bicyclic) bond motifs is 1. The molecule has 2 atom stereocenters. The first-order chi connectivity index (χ1) is 11.1. The van der Waals surface area contributed by atoms with Gasteiger partial charge in [0, 0.05) is 5.69 Å². The van der Waals surface area contributed by atoms with Crippen LogP contribution in [0.3, 0.4) is 0 Å². The first-order valence-electron chi connectivity index (χ1n) is 8.50. The molecule has 4 heterocycles. The molecule has 1 aromatic carbocycles. The molecule has 4 bridgehead atoms. The molecule has 0 aromatic heterocycles. The maximum Gasteiger partial charge on any atom is 0.191 e. The van der Waals surface area contributed by atoms with E-state index >= 15 is 0 Å². The third-order valence-electron chi connectivity index (χ3n) is 5.50. The summed E-state index contributed by atoms with van der Waals surface area (Å²) in [5.41, 5.74) is 5.64. The summed E-state index contributed by atoms with van der Waals surface area (Å²) in [5.74, 6) is 0.599.